The van der Waals surface area contributed by atoms with Gasteiger partial charge in [0.05, 0.1) is 7.11 Å². The van der Waals surface area contributed by atoms with E-state index >= 15 is 0 Å². The van der Waals surface area contributed by atoms with Gasteiger partial charge in [0.2, 0.25) is 0 Å². The normalized spacial score (nSPS) is 10.0. The number of rotatable bonds is 3. The number of hydrogen-bond donors (Lipinski definition) is 2. The van der Waals surface area contributed by atoms with Crippen LogP contribution in [0.3, 0.4) is 0 Å². The monoisotopic (exact) mass is 235 g/mol. The Morgan fingerprint density at radius 2 is 2.29 bits per heavy atom. The summed E-state index contributed by atoms with van der Waals surface area (Å²) >= 11 is 0. The fourth-order valence-corrected chi connectivity index (χ4v) is 1.32. The summed E-state index contributed by atoms with van der Waals surface area (Å²) in [5, 5.41) is 8.69. The molecule has 0 aliphatic heterocycles. The number of carbonyl (C=O) groups excluding carboxylic acids is 1. The minimum Gasteiger partial charge on any atom is -0.494 e. The zero-order valence-corrected chi connectivity index (χ0v) is 9.03. The first-order chi connectivity index (χ1) is 8.20. The number of anilines is 1. The highest BCUT2D eigenvalue weighted by Gasteiger charge is 2.09. The van der Waals surface area contributed by atoms with Crippen molar-refractivity contribution < 1.29 is 13.9 Å². The number of methoxy groups -OCH3 is 1. The second-order valence-corrected chi connectivity index (χ2v) is 3.27. The van der Waals surface area contributed by atoms with Gasteiger partial charge in [-0.15, -0.1) is 0 Å². The van der Waals surface area contributed by atoms with Crippen molar-refractivity contribution in [2.75, 3.05) is 12.4 Å². The van der Waals surface area contributed by atoms with Crippen molar-refractivity contribution in [3.05, 3.63) is 42.0 Å². The molecule has 88 valence electrons. The predicted octanol–water partition coefficient (Wildman–Crippen LogP) is 1.81. The third-order valence-corrected chi connectivity index (χ3v) is 2.16. The SMILES string of the molecule is COc1ccc(NC(=O)c2ccn[nH]2)cc1F. The van der Waals surface area contributed by atoms with Crippen molar-refractivity contribution in [2.24, 2.45) is 0 Å². The lowest BCUT2D eigenvalue weighted by Crippen LogP contribution is -2.12. The number of ether oxygens (including phenoxy) is 1. The molecule has 0 saturated carbocycles. The number of benzene rings is 1. The largest absolute Gasteiger partial charge is 0.494 e. The zero-order chi connectivity index (χ0) is 12.3. The van der Waals surface area contributed by atoms with Gasteiger partial charge in [0, 0.05) is 18.0 Å². The number of amides is 1. The molecular formula is C11H10FN3O2. The minimum absolute atomic E-state index is 0.129. The summed E-state index contributed by atoms with van der Waals surface area (Å²) in [6.45, 7) is 0. The van der Waals surface area contributed by atoms with E-state index in [2.05, 4.69) is 15.5 Å². The van der Waals surface area contributed by atoms with Gasteiger partial charge < -0.3 is 10.1 Å². The molecular weight excluding hydrogens is 225 g/mol. The van der Waals surface area contributed by atoms with Gasteiger partial charge in [-0.3, -0.25) is 9.89 Å². The number of hydrogen-bond acceptors (Lipinski definition) is 3. The first-order valence-corrected chi connectivity index (χ1v) is 4.85. The van der Waals surface area contributed by atoms with E-state index < -0.39 is 5.82 Å². The van der Waals surface area contributed by atoms with Gasteiger partial charge in [-0.1, -0.05) is 0 Å². The highest BCUT2D eigenvalue weighted by Crippen LogP contribution is 2.20. The average molecular weight is 235 g/mol. The van der Waals surface area contributed by atoms with E-state index in [9.17, 15) is 9.18 Å². The molecule has 0 spiro atoms. The van der Waals surface area contributed by atoms with E-state index in [0.29, 0.717) is 11.4 Å². The zero-order valence-electron chi connectivity index (χ0n) is 9.03. The van der Waals surface area contributed by atoms with E-state index in [4.69, 9.17) is 4.74 Å². The minimum atomic E-state index is -0.532. The van der Waals surface area contributed by atoms with Crippen LogP contribution in [0.4, 0.5) is 10.1 Å². The number of halogens is 1. The molecule has 0 unspecified atom stereocenters. The molecule has 0 fully saturated rings. The Kier molecular flexibility index (Phi) is 3.04. The maximum atomic E-state index is 13.3. The van der Waals surface area contributed by atoms with Crippen LogP contribution in [0.5, 0.6) is 5.75 Å². The van der Waals surface area contributed by atoms with Crippen molar-refractivity contribution in [1.82, 2.24) is 10.2 Å². The maximum absolute atomic E-state index is 13.3. The maximum Gasteiger partial charge on any atom is 0.273 e. The Balaban J connectivity index is 2.14. The summed E-state index contributed by atoms with van der Waals surface area (Å²) in [5.74, 6) is -0.786. The third kappa shape index (κ3) is 2.41. The number of aromatic nitrogens is 2. The lowest BCUT2D eigenvalue weighted by Gasteiger charge is -2.06. The van der Waals surface area contributed by atoms with Crippen molar-refractivity contribution >= 4 is 11.6 Å². The molecule has 0 saturated heterocycles. The quantitative estimate of drug-likeness (QED) is 0.852. The molecule has 1 heterocycles. The van der Waals surface area contributed by atoms with E-state index in [1.54, 1.807) is 6.07 Å². The van der Waals surface area contributed by atoms with Gasteiger partial charge in [-0.2, -0.15) is 5.10 Å². The molecule has 1 aromatic carbocycles. The van der Waals surface area contributed by atoms with E-state index in [0.717, 1.165) is 0 Å². The van der Waals surface area contributed by atoms with Gasteiger partial charge in [0.25, 0.3) is 5.91 Å². The molecule has 5 nitrogen and oxygen atoms in total. The molecule has 0 bridgehead atoms. The van der Waals surface area contributed by atoms with E-state index in [-0.39, 0.29) is 11.7 Å². The molecule has 2 aromatic rings. The number of nitrogens with one attached hydrogen (secondary N) is 2. The fourth-order valence-electron chi connectivity index (χ4n) is 1.32. The second-order valence-electron chi connectivity index (χ2n) is 3.27. The Morgan fingerprint density at radius 1 is 1.47 bits per heavy atom. The molecule has 0 aliphatic rings. The van der Waals surface area contributed by atoms with Gasteiger partial charge in [-0.05, 0) is 18.2 Å². The summed E-state index contributed by atoms with van der Waals surface area (Å²) < 4.78 is 18.1. The van der Waals surface area contributed by atoms with Crippen LogP contribution in [0, 0.1) is 5.82 Å². The van der Waals surface area contributed by atoms with Crippen molar-refractivity contribution in [2.45, 2.75) is 0 Å². The van der Waals surface area contributed by atoms with E-state index in [1.807, 2.05) is 0 Å². The lowest BCUT2D eigenvalue weighted by molar-refractivity contribution is 0.102. The molecule has 2 rings (SSSR count). The Labute approximate surface area is 96.6 Å². The highest BCUT2D eigenvalue weighted by molar-refractivity contribution is 6.02. The standard InChI is InChI=1S/C11H10FN3O2/c1-17-10-3-2-7(6-8(10)12)14-11(16)9-4-5-13-15-9/h2-6H,1H3,(H,13,15)(H,14,16). The van der Waals surface area contributed by atoms with Crippen LogP contribution in [0.2, 0.25) is 0 Å². The van der Waals surface area contributed by atoms with Crippen LogP contribution in [0.1, 0.15) is 10.5 Å². The summed E-state index contributed by atoms with van der Waals surface area (Å²) in [4.78, 5) is 11.6. The van der Waals surface area contributed by atoms with Crippen LogP contribution >= 0.6 is 0 Å². The van der Waals surface area contributed by atoms with Crippen LogP contribution < -0.4 is 10.1 Å². The van der Waals surface area contributed by atoms with Gasteiger partial charge in [-0.25, -0.2) is 4.39 Å². The summed E-state index contributed by atoms with van der Waals surface area (Å²) in [6.07, 6.45) is 1.46. The fraction of sp³-hybridized carbons (Fsp3) is 0.0909. The average Bonchev–Trinajstić information content (AvgIpc) is 2.82. The third-order valence-electron chi connectivity index (χ3n) is 2.16. The van der Waals surface area contributed by atoms with Crippen molar-refractivity contribution in [1.29, 1.82) is 0 Å². The number of H-pyrrole nitrogens is 1. The van der Waals surface area contributed by atoms with Crippen molar-refractivity contribution in [3.8, 4) is 5.75 Å². The number of aromatic amines is 1. The molecule has 1 amide bonds. The smallest absolute Gasteiger partial charge is 0.273 e. The summed E-state index contributed by atoms with van der Waals surface area (Å²) in [5.41, 5.74) is 0.657. The molecule has 0 aliphatic carbocycles. The van der Waals surface area contributed by atoms with Crippen LogP contribution in [-0.4, -0.2) is 23.2 Å². The Morgan fingerprint density at radius 3 is 2.88 bits per heavy atom. The second kappa shape index (κ2) is 4.65. The topological polar surface area (TPSA) is 67.0 Å². The first kappa shape index (κ1) is 11.1. The molecule has 2 N–H and O–H groups in total. The first-order valence-electron chi connectivity index (χ1n) is 4.85. The summed E-state index contributed by atoms with van der Waals surface area (Å²) in [6, 6.07) is 5.70. The van der Waals surface area contributed by atoms with Gasteiger partial charge in [0.1, 0.15) is 5.69 Å². The Bertz CT molecular complexity index is 526. The molecule has 17 heavy (non-hydrogen) atoms. The number of carbonyl (C=O) groups is 1. The predicted molar refractivity (Wildman–Crippen MR) is 59.5 cm³/mol. The molecule has 1 aromatic heterocycles. The van der Waals surface area contributed by atoms with E-state index in [1.165, 1.54) is 31.5 Å². The van der Waals surface area contributed by atoms with Gasteiger partial charge >= 0.3 is 0 Å². The van der Waals surface area contributed by atoms with Crippen LogP contribution in [-0.2, 0) is 0 Å². The van der Waals surface area contributed by atoms with Crippen LogP contribution in [0.25, 0.3) is 0 Å². The summed E-state index contributed by atoms with van der Waals surface area (Å²) in [7, 11) is 1.38. The molecule has 6 heteroatoms. The van der Waals surface area contributed by atoms with Crippen molar-refractivity contribution in [3.63, 3.8) is 0 Å². The molecule has 0 atom stereocenters. The van der Waals surface area contributed by atoms with Gasteiger partial charge in [0.15, 0.2) is 11.6 Å². The molecule has 0 radical (unpaired) electrons. The lowest BCUT2D eigenvalue weighted by atomic mass is 10.2. The Hall–Kier alpha value is -2.37. The van der Waals surface area contributed by atoms with Crippen LogP contribution in [0.15, 0.2) is 30.5 Å². The highest BCUT2D eigenvalue weighted by atomic mass is 19.1. The number of nitrogens with zero attached hydrogens (tertiary/aromatic N) is 1.